The highest BCUT2D eigenvalue weighted by atomic mass is 28.4. The molecule has 0 fully saturated rings. The van der Waals surface area contributed by atoms with Gasteiger partial charge in [0, 0.05) is 11.8 Å². The average molecular weight is 779 g/mol. The number of hydrogen-bond acceptors (Lipinski definition) is 4. The van der Waals surface area contributed by atoms with E-state index in [0.717, 1.165) is 95.5 Å². The van der Waals surface area contributed by atoms with E-state index in [1.54, 1.807) is 0 Å². The molecule has 2 unspecified atom stereocenters. The minimum Gasteiger partial charge on any atom is -0.541 e. The van der Waals surface area contributed by atoms with Gasteiger partial charge in [-0.1, -0.05) is 114 Å². The lowest BCUT2D eigenvalue weighted by atomic mass is 9.78. The van der Waals surface area contributed by atoms with Gasteiger partial charge in [0.15, 0.2) is 0 Å². The Kier molecular flexibility index (Phi) is 14.9. The highest BCUT2D eigenvalue weighted by Crippen LogP contribution is 2.51. The van der Waals surface area contributed by atoms with E-state index in [-0.39, 0.29) is 11.8 Å². The zero-order valence-corrected chi connectivity index (χ0v) is 39.5. The normalized spacial score (nSPS) is 17.6. The third kappa shape index (κ3) is 8.45. The largest absolute Gasteiger partial charge is 0.541 e. The molecule has 2 aliphatic carbocycles. The fourth-order valence-corrected chi connectivity index (χ4v) is 19.2. The third-order valence-electron chi connectivity index (χ3n) is 14.2. The van der Waals surface area contributed by atoms with Crippen LogP contribution in [-0.2, 0) is 0 Å². The average Bonchev–Trinajstić information content (AvgIpc) is 3.80. The van der Waals surface area contributed by atoms with Gasteiger partial charge in [0.05, 0.1) is 0 Å². The highest BCUT2D eigenvalue weighted by molar-refractivity contribution is 6.76. The summed E-state index contributed by atoms with van der Waals surface area (Å²) in [6.45, 7) is 30.3. The van der Waals surface area contributed by atoms with Crippen molar-refractivity contribution in [1.29, 1.82) is 0 Å². The summed E-state index contributed by atoms with van der Waals surface area (Å²) in [7, 11) is -7.67. The fraction of sp³-hybridized carbons (Fsp3) is 0.636. The van der Waals surface area contributed by atoms with Gasteiger partial charge in [0.25, 0.3) is 33.3 Å². The summed E-state index contributed by atoms with van der Waals surface area (Å²) in [4.78, 5) is 0. The summed E-state index contributed by atoms with van der Waals surface area (Å²) >= 11 is 0. The Balaban J connectivity index is 1.78. The molecule has 0 heterocycles. The Hall–Kier alpha value is -2.01. The zero-order valence-electron chi connectivity index (χ0n) is 35.5. The summed E-state index contributed by atoms with van der Waals surface area (Å²) in [6.07, 6.45) is 9.60. The summed E-state index contributed by atoms with van der Waals surface area (Å²) in [5, 5.41) is 0. The van der Waals surface area contributed by atoms with E-state index in [1.807, 2.05) is 0 Å². The first-order valence-electron chi connectivity index (χ1n) is 21.4. The first kappa shape index (κ1) is 42.7. The van der Waals surface area contributed by atoms with Crippen LogP contribution < -0.4 is 17.7 Å². The number of hydrogen-bond donors (Lipinski definition) is 0. The van der Waals surface area contributed by atoms with Gasteiger partial charge in [-0.2, -0.15) is 0 Å². The van der Waals surface area contributed by atoms with Crippen molar-refractivity contribution in [3.63, 3.8) is 0 Å². The molecule has 0 radical (unpaired) electrons. The van der Waals surface area contributed by atoms with Gasteiger partial charge in [-0.15, -0.1) is 0 Å². The molecule has 0 aromatic heterocycles. The second-order valence-electron chi connectivity index (χ2n) is 15.9. The van der Waals surface area contributed by atoms with Gasteiger partial charge in [-0.3, -0.25) is 0 Å². The molecule has 0 saturated heterocycles. The zero-order chi connectivity index (χ0) is 38.3. The molecule has 2 aliphatic rings. The van der Waals surface area contributed by atoms with Gasteiger partial charge in [-0.25, -0.2) is 0 Å². The lowest BCUT2D eigenvalue weighted by Crippen LogP contribution is -2.41. The van der Waals surface area contributed by atoms with Gasteiger partial charge in [0.1, 0.15) is 23.0 Å². The molecule has 2 aromatic carbocycles. The molecule has 4 rings (SSSR count). The van der Waals surface area contributed by atoms with Crippen molar-refractivity contribution >= 4 is 45.4 Å². The van der Waals surface area contributed by atoms with Crippen LogP contribution in [0.25, 0.3) is 12.2 Å². The molecule has 52 heavy (non-hydrogen) atoms. The molecule has 4 nitrogen and oxygen atoms in total. The maximum atomic E-state index is 7.24. The van der Waals surface area contributed by atoms with E-state index < -0.39 is 33.3 Å². The molecular formula is C44H74O4Si4. The van der Waals surface area contributed by atoms with Gasteiger partial charge in [-0.05, 0) is 125 Å². The van der Waals surface area contributed by atoms with Crippen molar-refractivity contribution in [2.24, 2.45) is 5.92 Å². The molecule has 0 aliphatic heterocycles. The van der Waals surface area contributed by atoms with Crippen LogP contribution in [0.3, 0.4) is 0 Å². The van der Waals surface area contributed by atoms with E-state index in [4.69, 9.17) is 17.7 Å². The fourth-order valence-electron chi connectivity index (χ4n) is 8.93. The molecule has 0 spiro atoms. The molecule has 2 aromatic rings. The maximum Gasteiger partial charge on any atom is 0.250 e. The lowest BCUT2D eigenvalue weighted by molar-refractivity contribution is 0.456. The molecule has 0 amide bonds. The minimum absolute atomic E-state index is 0.287. The van der Waals surface area contributed by atoms with E-state index in [1.165, 1.54) is 22.3 Å². The second-order valence-corrected chi connectivity index (χ2v) is 34.6. The predicted molar refractivity (Wildman–Crippen MR) is 237 cm³/mol. The van der Waals surface area contributed by atoms with Crippen LogP contribution in [-0.4, -0.2) is 33.3 Å². The monoisotopic (exact) mass is 778 g/mol. The van der Waals surface area contributed by atoms with E-state index in [0.29, 0.717) is 5.92 Å². The molecule has 0 bridgehead atoms. The van der Waals surface area contributed by atoms with E-state index in [9.17, 15) is 0 Å². The van der Waals surface area contributed by atoms with Gasteiger partial charge >= 0.3 is 0 Å². The summed E-state index contributed by atoms with van der Waals surface area (Å²) in [6, 6.07) is 22.9. The Morgan fingerprint density at radius 1 is 0.404 bits per heavy atom. The smallest absolute Gasteiger partial charge is 0.250 e. The number of rotatable bonds is 22. The summed E-state index contributed by atoms with van der Waals surface area (Å²) in [5.41, 5.74) is 5.36. The second kappa shape index (κ2) is 18.1. The van der Waals surface area contributed by atoms with Crippen LogP contribution in [0.5, 0.6) is 23.0 Å². The number of allylic oxidation sites excluding steroid dienone is 2. The molecular weight excluding hydrogens is 705 g/mol. The van der Waals surface area contributed by atoms with Crippen molar-refractivity contribution in [1.82, 2.24) is 0 Å². The van der Waals surface area contributed by atoms with Gasteiger partial charge < -0.3 is 17.7 Å². The Morgan fingerprint density at radius 3 is 0.865 bits per heavy atom. The molecule has 290 valence electrons. The molecule has 8 heteroatoms. The van der Waals surface area contributed by atoms with Crippen LogP contribution >= 0.6 is 0 Å². The van der Waals surface area contributed by atoms with Crippen molar-refractivity contribution in [3.8, 4) is 23.0 Å². The van der Waals surface area contributed by atoms with Crippen molar-refractivity contribution in [2.75, 3.05) is 0 Å². The first-order chi connectivity index (χ1) is 24.9. The van der Waals surface area contributed by atoms with E-state index >= 15 is 0 Å². The van der Waals surface area contributed by atoms with Crippen LogP contribution in [0.1, 0.15) is 124 Å². The lowest BCUT2D eigenvalue weighted by Gasteiger charge is -2.35. The highest BCUT2D eigenvalue weighted by Gasteiger charge is 2.40. The molecule has 2 atom stereocenters. The molecule has 0 saturated carbocycles. The number of benzene rings is 2. The SMILES string of the molecule is CC[Si](CC)(CC)Oc1cc2c(cc1O[Si](CC)(CC)CC)C(C(C)C1C=Cc3cc(O[Si](CC)(CC)CC)c(O[Si](CC)(CC)CC)cc31)C=C2. The first-order valence-corrected chi connectivity index (χ1v) is 31.5. The maximum absolute atomic E-state index is 7.24. The van der Waals surface area contributed by atoms with Crippen LogP contribution in [0.15, 0.2) is 36.4 Å². The van der Waals surface area contributed by atoms with Crippen molar-refractivity contribution in [3.05, 3.63) is 58.7 Å². The van der Waals surface area contributed by atoms with Crippen LogP contribution in [0.4, 0.5) is 0 Å². The van der Waals surface area contributed by atoms with Crippen molar-refractivity contribution in [2.45, 2.75) is 174 Å². The third-order valence-corrected chi connectivity index (χ3v) is 32.2. The van der Waals surface area contributed by atoms with Crippen LogP contribution in [0, 0.1) is 5.92 Å². The Morgan fingerprint density at radius 2 is 0.635 bits per heavy atom. The van der Waals surface area contributed by atoms with Crippen LogP contribution in [0.2, 0.25) is 72.5 Å². The summed E-state index contributed by atoms with van der Waals surface area (Å²) < 4.78 is 28.8. The Bertz CT molecular complexity index is 1390. The van der Waals surface area contributed by atoms with E-state index in [2.05, 4.69) is 139 Å². The minimum atomic E-state index is -1.93. The summed E-state index contributed by atoms with van der Waals surface area (Å²) in [5.74, 6) is 4.91. The standard InChI is InChI=1S/C44H74O4Si4/c1-14-49(15-2,16-3)45-41-30-35-26-28-37(39(35)32-43(41)47-51(20-7,21-8)22-9)34(13)38-29-27-36-31-42(46-50(17-4,18-5)19-6)44(33-40(36)38)48-52(23-10,24-11)25-12/h26-34,37-38H,14-25H2,1-13H3. The van der Waals surface area contributed by atoms with Crippen molar-refractivity contribution < 1.29 is 17.7 Å². The molecule has 0 N–H and O–H groups in total. The predicted octanol–water partition coefficient (Wildman–Crippen LogP) is 14.8. The Labute approximate surface area is 323 Å². The topological polar surface area (TPSA) is 36.9 Å². The van der Waals surface area contributed by atoms with Gasteiger partial charge in [0.2, 0.25) is 0 Å². The number of fused-ring (bicyclic) bond motifs is 2. The quantitative estimate of drug-likeness (QED) is 0.112.